The molecule has 7 heteroatoms. The highest BCUT2D eigenvalue weighted by Gasteiger charge is 2.33. The molecule has 1 heterocycles. The number of amidine groups is 1. The summed E-state index contributed by atoms with van der Waals surface area (Å²) in [5, 5.41) is 17.5. The molecule has 1 aliphatic heterocycles. The van der Waals surface area contributed by atoms with E-state index >= 15 is 0 Å². The van der Waals surface area contributed by atoms with Crippen molar-refractivity contribution in [2.45, 2.75) is 6.92 Å². The standard InChI is InChI=1S/C19H16N2O4S/c1-2-25-18(24)13-5-7-14(8-6-13)21-17(23)16(26-19(21)20)11-12-3-9-15(22)10-4-12/h3-11,20,22H,2H2,1H3/b16-11-,20-19?. The second kappa shape index (κ2) is 7.45. The van der Waals surface area contributed by atoms with Gasteiger partial charge in [0.2, 0.25) is 0 Å². The van der Waals surface area contributed by atoms with Gasteiger partial charge in [-0.25, -0.2) is 4.79 Å². The fraction of sp³-hybridized carbons (Fsp3) is 0.105. The molecule has 0 saturated carbocycles. The van der Waals surface area contributed by atoms with E-state index in [4.69, 9.17) is 10.1 Å². The predicted octanol–water partition coefficient (Wildman–Crippen LogP) is 3.62. The van der Waals surface area contributed by atoms with Crippen LogP contribution in [-0.4, -0.2) is 28.8 Å². The van der Waals surface area contributed by atoms with E-state index in [-0.39, 0.29) is 23.4 Å². The van der Waals surface area contributed by atoms with Crippen molar-refractivity contribution in [1.29, 1.82) is 5.41 Å². The highest BCUT2D eigenvalue weighted by atomic mass is 32.2. The molecule has 0 atom stereocenters. The van der Waals surface area contributed by atoms with Crippen LogP contribution in [0.1, 0.15) is 22.8 Å². The van der Waals surface area contributed by atoms with Gasteiger partial charge in [0.15, 0.2) is 5.17 Å². The third-order valence-electron chi connectivity index (χ3n) is 3.65. The van der Waals surface area contributed by atoms with Gasteiger partial charge < -0.3 is 9.84 Å². The lowest BCUT2D eigenvalue weighted by molar-refractivity contribution is -0.113. The fourth-order valence-corrected chi connectivity index (χ4v) is 3.27. The van der Waals surface area contributed by atoms with E-state index in [1.54, 1.807) is 49.4 Å². The van der Waals surface area contributed by atoms with Gasteiger partial charge in [0.25, 0.3) is 5.91 Å². The Hall–Kier alpha value is -3.06. The Morgan fingerprint density at radius 1 is 1.19 bits per heavy atom. The van der Waals surface area contributed by atoms with Crippen LogP contribution in [0.4, 0.5) is 5.69 Å². The van der Waals surface area contributed by atoms with Crippen molar-refractivity contribution >= 4 is 40.6 Å². The summed E-state index contributed by atoms with van der Waals surface area (Å²) < 4.78 is 4.93. The van der Waals surface area contributed by atoms with Crippen LogP contribution >= 0.6 is 11.8 Å². The van der Waals surface area contributed by atoms with E-state index < -0.39 is 5.97 Å². The monoisotopic (exact) mass is 368 g/mol. The number of nitrogens with zero attached hydrogens (tertiary/aromatic N) is 1. The average Bonchev–Trinajstić information content (AvgIpc) is 2.91. The minimum absolute atomic E-state index is 0.0870. The molecule has 0 unspecified atom stereocenters. The zero-order chi connectivity index (χ0) is 18.7. The number of hydrogen-bond donors (Lipinski definition) is 2. The fourth-order valence-electron chi connectivity index (χ4n) is 2.40. The van der Waals surface area contributed by atoms with Crippen LogP contribution in [0.2, 0.25) is 0 Å². The molecular weight excluding hydrogens is 352 g/mol. The van der Waals surface area contributed by atoms with E-state index in [1.807, 2.05) is 0 Å². The van der Waals surface area contributed by atoms with Gasteiger partial charge in [-0.15, -0.1) is 0 Å². The van der Waals surface area contributed by atoms with Crippen LogP contribution in [0.5, 0.6) is 5.75 Å². The second-order valence-electron chi connectivity index (χ2n) is 5.42. The van der Waals surface area contributed by atoms with Gasteiger partial charge in [0, 0.05) is 0 Å². The van der Waals surface area contributed by atoms with Crippen molar-refractivity contribution in [2.75, 3.05) is 11.5 Å². The zero-order valence-electron chi connectivity index (χ0n) is 13.9. The Balaban J connectivity index is 1.83. The normalized spacial score (nSPS) is 15.6. The number of esters is 1. The summed E-state index contributed by atoms with van der Waals surface area (Å²) in [5.41, 5.74) is 1.65. The van der Waals surface area contributed by atoms with E-state index in [2.05, 4.69) is 0 Å². The van der Waals surface area contributed by atoms with Crippen LogP contribution in [0.25, 0.3) is 6.08 Å². The number of phenolic OH excluding ortho intramolecular Hbond substituents is 1. The Bertz CT molecular complexity index is 889. The molecule has 0 spiro atoms. The number of benzene rings is 2. The maximum absolute atomic E-state index is 12.7. The quantitative estimate of drug-likeness (QED) is 0.635. The smallest absolute Gasteiger partial charge is 0.338 e. The van der Waals surface area contributed by atoms with Gasteiger partial charge in [-0.05, 0) is 66.7 Å². The number of hydrogen-bond acceptors (Lipinski definition) is 6. The highest BCUT2D eigenvalue weighted by molar-refractivity contribution is 8.19. The minimum atomic E-state index is -0.427. The number of carbonyl (C=O) groups excluding carboxylic acids is 2. The summed E-state index contributed by atoms with van der Waals surface area (Å²) in [7, 11) is 0. The number of anilines is 1. The van der Waals surface area contributed by atoms with Crippen molar-refractivity contribution in [3.8, 4) is 5.75 Å². The lowest BCUT2D eigenvalue weighted by Crippen LogP contribution is -2.28. The molecule has 1 amide bonds. The summed E-state index contributed by atoms with van der Waals surface area (Å²) in [6.45, 7) is 2.02. The van der Waals surface area contributed by atoms with Crippen molar-refractivity contribution in [3.05, 3.63) is 64.6 Å². The Morgan fingerprint density at radius 3 is 2.46 bits per heavy atom. The van der Waals surface area contributed by atoms with Gasteiger partial charge >= 0.3 is 5.97 Å². The molecule has 0 aliphatic carbocycles. The van der Waals surface area contributed by atoms with Gasteiger partial charge in [-0.2, -0.15) is 0 Å². The molecule has 0 radical (unpaired) electrons. The molecule has 0 aromatic heterocycles. The first-order valence-electron chi connectivity index (χ1n) is 7.88. The predicted molar refractivity (Wildman–Crippen MR) is 101 cm³/mol. The first-order valence-corrected chi connectivity index (χ1v) is 8.70. The van der Waals surface area contributed by atoms with Crippen LogP contribution in [0.3, 0.4) is 0 Å². The van der Waals surface area contributed by atoms with E-state index in [0.717, 1.165) is 17.3 Å². The van der Waals surface area contributed by atoms with Crippen molar-refractivity contribution in [2.24, 2.45) is 0 Å². The number of amides is 1. The third kappa shape index (κ3) is 3.62. The van der Waals surface area contributed by atoms with Crippen molar-refractivity contribution in [3.63, 3.8) is 0 Å². The topological polar surface area (TPSA) is 90.7 Å². The summed E-state index contributed by atoms with van der Waals surface area (Å²) in [5.74, 6) is -0.588. The van der Waals surface area contributed by atoms with E-state index in [0.29, 0.717) is 16.2 Å². The molecular formula is C19H16N2O4S. The molecule has 132 valence electrons. The SMILES string of the molecule is CCOC(=O)c1ccc(N2C(=N)S/C(=C\c3ccc(O)cc3)C2=O)cc1. The number of ether oxygens (including phenoxy) is 1. The number of phenols is 1. The second-order valence-corrected chi connectivity index (χ2v) is 6.45. The van der Waals surface area contributed by atoms with Crippen LogP contribution in [-0.2, 0) is 9.53 Å². The molecule has 26 heavy (non-hydrogen) atoms. The molecule has 2 aromatic rings. The maximum atomic E-state index is 12.7. The number of thioether (sulfide) groups is 1. The Morgan fingerprint density at radius 2 is 1.85 bits per heavy atom. The summed E-state index contributed by atoms with van der Waals surface area (Å²) in [6.07, 6.45) is 1.67. The number of nitrogens with one attached hydrogen (secondary N) is 1. The first kappa shape index (κ1) is 17.8. The molecule has 1 fully saturated rings. The number of aromatic hydroxyl groups is 1. The van der Waals surface area contributed by atoms with Gasteiger partial charge in [-0.3, -0.25) is 15.1 Å². The largest absolute Gasteiger partial charge is 0.508 e. The zero-order valence-corrected chi connectivity index (χ0v) is 14.7. The number of rotatable bonds is 4. The molecule has 0 bridgehead atoms. The molecule has 1 aliphatic rings. The van der Waals surface area contributed by atoms with Crippen LogP contribution < -0.4 is 4.90 Å². The average molecular weight is 368 g/mol. The first-order chi connectivity index (χ1) is 12.5. The molecule has 6 nitrogen and oxygen atoms in total. The Labute approximate surface area is 154 Å². The van der Waals surface area contributed by atoms with Crippen molar-refractivity contribution < 1.29 is 19.4 Å². The van der Waals surface area contributed by atoms with Gasteiger partial charge in [0.05, 0.1) is 22.8 Å². The molecule has 3 rings (SSSR count). The lowest BCUT2D eigenvalue weighted by Gasteiger charge is -2.14. The van der Waals surface area contributed by atoms with E-state index in [1.165, 1.54) is 17.0 Å². The van der Waals surface area contributed by atoms with Crippen LogP contribution in [0.15, 0.2) is 53.4 Å². The summed E-state index contributed by atoms with van der Waals surface area (Å²) >= 11 is 1.06. The van der Waals surface area contributed by atoms with Gasteiger partial charge in [-0.1, -0.05) is 12.1 Å². The van der Waals surface area contributed by atoms with E-state index in [9.17, 15) is 14.7 Å². The van der Waals surface area contributed by atoms with Crippen molar-refractivity contribution in [1.82, 2.24) is 0 Å². The number of carbonyl (C=O) groups is 2. The summed E-state index contributed by atoms with van der Waals surface area (Å²) in [4.78, 5) is 26.1. The Kier molecular flexibility index (Phi) is 5.09. The summed E-state index contributed by atoms with van der Waals surface area (Å²) in [6, 6.07) is 12.8. The highest BCUT2D eigenvalue weighted by Crippen LogP contribution is 2.35. The molecule has 1 saturated heterocycles. The maximum Gasteiger partial charge on any atom is 0.338 e. The van der Waals surface area contributed by atoms with Gasteiger partial charge in [0.1, 0.15) is 5.75 Å². The molecule has 2 N–H and O–H groups in total. The molecule has 2 aromatic carbocycles. The third-order valence-corrected chi connectivity index (χ3v) is 4.54. The lowest BCUT2D eigenvalue weighted by atomic mass is 10.2. The minimum Gasteiger partial charge on any atom is -0.508 e. The van der Waals surface area contributed by atoms with Crippen LogP contribution in [0, 0.1) is 5.41 Å².